The lowest BCUT2D eigenvalue weighted by atomic mass is 10.1. The van der Waals surface area contributed by atoms with Crippen molar-refractivity contribution in [3.63, 3.8) is 0 Å². The van der Waals surface area contributed by atoms with Crippen LogP contribution in [0.2, 0.25) is 0 Å². The Balaban J connectivity index is 4.24. The van der Waals surface area contributed by atoms with Crippen molar-refractivity contribution in [2.24, 2.45) is 0 Å². The van der Waals surface area contributed by atoms with Gasteiger partial charge in [0.05, 0.1) is 26.4 Å². The molecule has 0 radical (unpaired) electrons. The minimum atomic E-state index is -4.52. The summed E-state index contributed by atoms with van der Waals surface area (Å²) in [5.41, 5.74) is 0. The first-order valence-electron chi connectivity index (χ1n) is 20.6. The highest BCUT2D eigenvalue weighted by atomic mass is 31.2. The molecule has 10 heteroatoms. The Morgan fingerprint density at radius 2 is 1.10 bits per heavy atom. The molecule has 3 unspecified atom stereocenters. The molecule has 0 aliphatic rings. The molecule has 0 aromatic rings. The summed E-state index contributed by atoms with van der Waals surface area (Å²) >= 11 is 0. The summed E-state index contributed by atoms with van der Waals surface area (Å²) in [7, 11) is -4.52. The number of carbonyl (C=O) groups is 1. The first kappa shape index (κ1) is 50.4. The van der Waals surface area contributed by atoms with E-state index in [-0.39, 0.29) is 19.6 Å². The molecule has 0 saturated heterocycles. The maximum atomic E-state index is 12.6. The van der Waals surface area contributed by atoms with Crippen LogP contribution in [0.15, 0.2) is 48.6 Å². The summed E-state index contributed by atoms with van der Waals surface area (Å²) in [6, 6.07) is 0. The molecule has 0 bridgehead atoms. The van der Waals surface area contributed by atoms with Gasteiger partial charge in [0, 0.05) is 13.0 Å². The van der Waals surface area contributed by atoms with E-state index < -0.39 is 39.2 Å². The van der Waals surface area contributed by atoms with Crippen molar-refractivity contribution in [3.8, 4) is 0 Å². The van der Waals surface area contributed by atoms with Gasteiger partial charge in [-0.05, 0) is 70.6 Å². The molecule has 0 aromatic heterocycles. The van der Waals surface area contributed by atoms with Gasteiger partial charge in [0.1, 0.15) is 12.2 Å². The molecule has 9 nitrogen and oxygen atoms in total. The predicted octanol–water partition coefficient (Wildman–Crippen LogP) is 11.0. The van der Waals surface area contributed by atoms with Crippen molar-refractivity contribution in [2.75, 3.05) is 33.0 Å². The molecule has 304 valence electrons. The van der Waals surface area contributed by atoms with Crippen LogP contribution in [0.25, 0.3) is 0 Å². The number of unbranched alkanes of at least 4 members (excludes halogenated alkanes) is 17. The third-order valence-corrected chi connectivity index (χ3v) is 9.45. The zero-order valence-electron chi connectivity index (χ0n) is 33.0. The second-order valence-corrected chi connectivity index (χ2v) is 15.1. The normalized spacial score (nSPS) is 14.6. The molecule has 3 N–H and O–H groups in total. The Morgan fingerprint density at radius 3 is 1.67 bits per heavy atom. The van der Waals surface area contributed by atoms with Crippen LogP contribution in [0.3, 0.4) is 0 Å². The molecular formula is C42H77O9P. The fourth-order valence-corrected chi connectivity index (χ4v) is 6.15. The average Bonchev–Trinajstić information content (AvgIpc) is 3.13. The fourth-order valence-electron chi connectivity index (χ4n) is 5.36. The second-order valence-electron chi connectivity index (χ2n) is 13.6. The highest BCUT2D eigenvalue weighted by Crippen LogP contribution is 2.43. The van der Waals surface area contributed by atoms with Crippen molar-refractivity contribution in [1.29, 1.82) is 0 Å². The largest absolute Gasteiger partial charge is 0.472 e. The van der Waals surface area contributed by atoms with Gasteiger partial charge in [-0.1, -0.05) is 140 Å². The molecule has 0 aromatic carbocycles. The smallest absolute Gasteiger partial charge is 0.457 e. The molecule has 0 amide bonds. The molecule has 0 fully saturated rings. The Morgan fingerprint density at radius 1 is 0.615 bits per heavy atom. The van der Waals surface area contributed by atoms with Crippen LogP contribution >= 0.6 is 7.82 Å². The number of hydrogen-bond acceptors (Lipinski definition) is 8. The highest BCUT2D eigenvalue weighted by molar-refractivity contribution is 7.47. The quantitative estimate of drug-likeness (QED) is 0.0243. The van der Waals surface area contributed by atoms with Crippen LogP contribution in [-0.2, 0) is 27.9 Å². The van der Waals surface area contributed by atoms with E-state index in [1.807, 2.05) is 0 Å². The number of allylic oxidation sites excluding steroid dienone is 8. The SMILES string of the molecule is CC/C=C\C/C=C\C/C=C\CCCCCCCC(=O)OC(COCCCCCCCC/C=C\CCCCCCCC)COP(=O)(O)OCC(O)CO. The summed E-state index contributed by atoms with van der Waals surface area (Å²) < 4.78 is 33.3. The van der Waals surface area contributed by atoms with Crippen molar-refractivity contribution in [2.45, 2.75) is 180 Å². The lowest BCUT2D eigenvalue weighted by Gasteiger charge is -2.20. The lowest BCUT2D eigenvalue weighted by Crippen LogP contribution is -2.29. The molecule has 0 heterocycles. The molecule has 52 heavy (non-hydrogen) atoms. The predicted molar refractivity (Wildman–Crippen MR) is 214 cm³/mol. The van der Waals surface area contributed by atoms with Crippen LogP contribution in [0.4, 0.5) is 0 Å². The zero-order valence-corrected chi connectivity index (χ0v) is 33.9. The van der Waals surface area contributed by atoms with Crippen LogP contribution in [0, 0.1) is 0 Å². The van der Waals surface area contributed by atoms with E-state index in [0.717, 1.165) is 77.0 Å². The van der Waals surface area contributed by atoms with Crippen molar-refractivity contribution in [3.05, 3.63) is 48.6 Å². The van der Waals surface area contributed by atoms with Crippen molar-refractivity contribution >= 4 is 13.8 Å². The van der Waals surface area contributed by atoms with E-state index >= 15 is 0 Å². The average molecular weight is 757 g/mol. The second kappa shape index (κ2) is 39.1. The summed E-state index contributed by atoms with van der Waals surface area (Å²) in [5.74, 6) is -0.403. The van der Waals surface area contributed by atoms with E-state index in [9.17, 15) is 19.4 Å². The van der Waals surface area contributed by atoms with Gasteiger partial charge in [-0.3, -0.25) is 13.8 Å². The number of phosphoric ester groups is 1. The number of ether oxygens (including phenoxy) is 2. The van der Waals surface area contributed by atoms with Crippen LogP contribution in [0.1, 0.15) is 168 Å². The number of phosphoric acid groups is 1. The van der Waals surface area contributed by atoms with Crippen LogP contribution in [-0.4, -0.2) is 66.3 Å². The summed E-state index contributed by atoms with van der Waals surface area (Å²) in [5, 5.41) is 18.3. The van der Waals surface area contributed by atoms with Gasteiger partial charge < -0.3 is 24.6 Å². The molecule has 3 atom stereocenters. The molecule has 0 saturated carbocycles. The minimum absolute atomic E-state index is 0.0370. The van der Waals surface area contributed by atoms with Gasteiger partial charge in [-0.15, -0.1) is 0 Å². The Labute approximate surface area is 317 Å². The Kier molecular flexibility index (Phi) is 37.9. The van der Waals surface area contributed by atoms with E-state index in [4.69, 9.17) is 23.6 Å². The molecule has 0 aliphatic heterocycles. The Hall–Kier alpha value is -1.58. The van der Waals surface area contributed by atoms with Gasteiger partial charge in [0.15, 0.2) is 0 Å². The number of carbonyl (C=O) groups excluding carboxylic acids is 1. The van der Waals surface area contributed by atoms with E-state index in [1.54, 1.807) is 0 Å². The minimum Gasteiger partial charge on any atom is -0.457 e. The summed E-state index contributed by atoms with van der Waals surface area (Å²) in [4.78, 5) is 22.5. The van der Waals surface area contributed by atoms with Gasteiger partial charge >= 0.3 is 13.8 Å². The van der Waals surface area contributed by atoms with Crippen LogP contribution < -0.4 is 0 Å². The summed E-state index contributed by atoms with van der Waals surface area (Å²) in [6.07, 6.45) is 42.1. The lowest BCUT2D eigenvalue weighted by molar-refractivity contribution is -0.154. The third kappa shape index (κ3) is 38.2. The summed E-state index contributed by atoms with van der Waals surface area (Å²) in [6.45, 7) is 3.36. The topological polar surface area (TPSA) is 132 Å². The molecule has 0 rings (SSSR count). The van der Waals surface area contributed by atoms with Gasteiger partial charge in [-0.25, -0.2) is 4.57 Å². The maximum absolute atomic E-state index is 12.6. The number of rotatable bonds is 39. The van der Waals surface area contributed by atoms with E-state index in [2.05, 4.69) is 62.5 Å². The fraction of sp³-hybridized carbons (Fsp3) is 0.786. The van der Waals surface area contributed by atoms with Gasteiger partial charge in [-0.2, -0.15) is 0 Å². The molecule has 0 aliphatic carbocycles. The first-order valence-corrected chi connectivity index (χ1v) is 22.1. The zero-order chi connectivity index (χ0) is 38.2. The molecule has 0 spiro atoms. The number of aliphatic hydroxyl groups excluding tert-OH is 2. The standard InChI is InChI=1S/C42H77O9P/c1-3-5-7-9-11-13-15-17-19-21-23-25-27-29-31-33-35-48-38-41(39-50-52(46,47)49-37-40(44)36-43)51-42(45)34-32-30-28-26-24-22-20-18-16-14-12-10-8-6-4-2/h6,8,12,14,17-20,40-41,43-44H,3-5,7,9-11,13,15-16,21-39H2,1-2H3,(H,46,47)/b8-6-,14-12-,19-17-,20-18-. The first-order chi connectivity index (χ1) is 25.3. The van der Waals surface area contributed by atoms with Crippen molar-refractivity contribution < 1.29 is 43.0 Å². The van der Waals surface area contributed by atoms with E-state index in [0.29, 0.717) is 13.0 Å². The highest BCUT2D eigenvalue weighted by Gasteiger charge is 2.26. The number of esters is 1. The molecular weight excluding hydrogens is 679 g/mol. The number of hydrogen-bond donors (Lipinski definition) is 3. The van der Waals surface area contributed by atoms with E-state index in [1.165, 1.54) is 64.2 Å². The van der Waals surface area contributed by atoms with Gasteiger partial charge in [0.2, 0.25) is 0 Å². The van der Waals surface area contributed by atoms with Crippen molar-refractivity contribution in [1.82, 2.24) is 0 Å². The third-order valence-electron chi connectivity index (χ3n) is 8.50. The maximum Gasteiger partial charge on any atom is 0.472 e. The number of aliphatic hydroxyl groups is 2. The Bertz CT molecular complexity index is 950. The van der Waals surface area contributed by atoms with Crippen LogP contribution in [0.5, 0.6) is 0 Å². The monoisotopic (exact) mass is 757 g/mol. The van der Waals surface area contributed by atoms with Gasteiger partial charge in [0.25, 0.3) is 0 Å².